The number of carbonyl (C=O) groups excluding carboxylic acids is 1. The molecule has 23 heavy (non-hydrogen) atoms. The van der Waals surface area contributed by atoms with Crippen molar-refractivity contribution in [1.82, 2.24) is 0 Å². The maximum Gasteiger partial charge on any atom is 0.165 e. The van der Waals surface area contributed by atoms with Crippen LogP contribution in [0.25, 0.3) is 0 Å². The number of rotatable bonds is 0. The molecule has 1 spiro atoms. The predicted octanol–water partition coefficient (Wildman–Crippen LogP) is 3.45. The van der Waals surface area contributed by atoms with E-state index in [-0.39, 0.29) is 22.2 Å². The van der Waals surface area contributed by atoms with Gasteiger partial charge in [-0.1, -0.05) is 27.4 Å². The van der Waals surface area contributed by atoms with Crippen LogP contribution in [0, 0.1) is 34.0 Å². The van der Waals surface area contributed by atoms with Gasteiger partial charge in [-0.3, -0.25) is 4.79 Å². The van der Waals surface area contributed by atoms with Crippen molar-refractivity contribution in [1.29, 1.82) is 0 Å². The number of carbonyl (C=O) groups is 1. The summed E-state index contributed by atoms with van der Waals surface area (Å²) in [5.41, 5.74) is 0.320. The lowest BCUT2D eigenvalue weighted by Gasteiger charge is -2.65. The number of allylic oxidation sites excluding steroid dienone is 1. The molecule has 2 N–H and O–H groups in total. The summed E-state index contributed by atoms with van der Waals surface area (Å²) >= 11 is 0. The van der Waals surface area contributed by atoms with Crippen molar-refractivity contribution in [2.24, 2.45) is 34.0 Å². The van der Waals surface area contributed by atoms with Crippen molar-refractivity contribution in [3.63, 3.8) is 0 Å². The second-order valence-electron chi connectivity index (χ2n) is 9.96. The van der Waals surface area contributed by atoms with Crippen molar-refractivity contribution in [3.05, 3.63) is 12.2 Å². The van der Waals surface area contributed by atoms with Gasteiger partial charge in [-0.2, -0.15) is 0 Å². The van der Waals surface area contributed by atoms with E-state index in [0.717, 1.165) is 37.7 Å². The number of hydrogen-bond donors (Lipinski definition) is 2. The van der Waals surface area contributed by atoms with E-state index in [2.05, 4.69) is 27.4 Å². The van der Waals surface area contributed by atoms with Crippen molar-refractivity contribution in [2.45, 2.75) is 71.5 Å². The molecule has 3 heteroatoms. The Kier molecular flexibility index (Phi) is 2.95. The highest BCUT2D eigenvalue weighted by atomic mass is 16.5. The van der Waals surface area contributed by atoms with Gasteiger partial charge in [0.15, 0.2) is 11.6 Å². The number of ketones is 1. The summed E-state index contributed by atoms with van der Waals surface area (Å²) in [7, 11) is 0. The highest BCUT2D eigenvalue weighted by molar-refractivity contribution is 6.03. The highest BCUT2D eigenvalue weighted by Gasteiger charge is 2.68. The quantitative estimate of drug-likeness (QED) is 0.531. The number of Topliss-reactive ketones (excluding diaryl/α,β-unsaturated/α-hetero) is 1. The maximum absolute atomic E-state index is 13.1. The van der Waals surface area contributed by atoms with Gasteiger partial charge >= 0.3 is 0 Å². The molecule has 4 saturated carbocycles. The third-order valence-electron chi connectivity index (χ3n) is 8.14. The van der Waals surface area contributed by atoms with Gasteiger partial charge in [-0.15, -0.1) is 0 Å². The molecule has 5 atom stereocenters. The molecule has 0 aliphatic heterocycles. The minimum atomic E-state index is -1.61. The fourth-order valence-electron chi connectivity index (χ4n) is 7.76. The third-order valence-corrected chi connectivity index (χ3v) is 8.14. The van der Waals surface area contributed by atoms with Gasteiger partial charge in [0.2, 0.25) is 0 Å². The maximum atomic E-state index is 13.1. The van der Waals surface area contributed by atoms with Gasteiger partial charge in [0.25, 0.3) is 0 Å². The van der Waals surface area contributed by atoms with E-state index in [9.17, 15) is 15.0 Å². The Bertz CT molecular complexity index is 590. The number of hydrogen-bond acceptors (Lipinski definition) is 3. The van der Waals surface area contributed by atoms with Gasteiger partial charge in [0, 0.05) is 18.3 Å². The summed E-state index contributed by atoms with van der Waals surface area (Å²) in [6.45, 7) is 10.7. The van der Waals surface area contributed by atoms with Gasteiger partial charge in [-0.05, 0) is 66.3 Å². The standard InChI is InChI=1S/C20H30O3/c1-12-13-5-6-15-18(4)11-20(22,23)10-17(2,3)14(18)7-8-19(15,9-13)16(12)21/h13-15,22-23H,1,5-11H2,2-4H3/t13-,14+,15-,18+,19+/m1/s1. The summed E-state index contributed by atoms with van der Waals surface area (Å²) in [5, 5.41) is 21.1. The Labute approximate surface area is 139 Å². The zero-order chi connectivity index (χ0) is 16.8. The van der Waals surface area contributed by atoms with Gasteiger partial charge in [0.1, 0.15) is 0 Å². The van der Waals surface area contributed by atoms with Crippen molar-refractivity contribution < 1.29 is 15.0 Å². The van der Waals surface area contributed by atoms with Crippen molar-refractivity contribution >= 4 is 5.78 Å². The van der Waals surface area contributed by atoms with Crippen LogP contribution >= 0.6 is 0 Å². The van der Waals surface area contributed by atoms with E-state index in [4.69, 9.17) is 0 Å². The van der Waals surface area contributed by atoms with Crippen molar-refractivity contribution in [2.75, 3.05) is 0 Å². The Morgan fingerprint density at radius 2 is 1.74 bits per heavy atom. The van der Waals surface area contributed by atoms with E-state index < -0.39 is 5.79 Å². The molecule has 4 rings (SSSR count). The molecule has 4 aliphatic carbocycles. The van der Waals surface area contributed by atoms with Crippen molar-refractivity contribution in [3.8, 4) is 0 Å². The normalized spacial score (nSPS) is 50.4. The molecule has 0 saturated heterocycles. The van der Waals surface area contributed by atoms with Crippen LogP contribution in [0.3, 0.4) is 0 Å². The smallest absolute Gasteiger partial charge is 0.165 e. The first-order valence-electron chi connectivity index (χ1n) is 9.20. The topological polar surface area (TPSA) is 57.5 Å². The van der Waals surface area contributed by atoms with Gasteiger partial charge in [-0.25, -0.2) is 0 Å². The molecular formula is C20H30O3. The van der Waals surface area contributed by atoms with Gasteiger partial charge in [0.05, 0.1) is 0 Å². The minimum Gasteiger partial charge on any atom is -0.366 e. The number of aliphatic hydroxyl groups is 2. The second kappa shape index (κ2) is 4.29. The fourth-order valence-corrected chi connectivity index (χ4v) is 7.76. The molecule has 4 fully saturated rings. The Morgan fingerprint density at radius 1 is 1.04 bits per heavy atom. The van der Waals surface area contributed by atoms with Crippen LogP contribution < -0.4 is 0 Å². The van der Waals surface area contributed by atoms with Crippen LogP contribution in [0.2, 0.25) is 0 Å². The van der Waals surface area contributed by atoms with Crippen LogP contribution in [0.5, 0.6) is 0 Å². The van der Waals surface area contributed by atoms with Gasteiger partial charge < -0.3 is 10.2 Å². The van der Waals surface area contributed by atoms with Crippen LogP contribution in [0.4, 0.5) is 0 Å². The first kappa shape index (κ1) is 15.8. The van der Waals surface area contributed by atoms with E-state index in [0.29, 0.717) is 30.5 Å². The van der Waals surface area contributed by atoms with Crippen LogP contribution in [0.15, 0.2) is 12.2 Å². The summed E-state index contributed by atoms with van der Waals surface area (Å²) < 4.78 is 0. The van der Waals surface area contributed by atoms with E-state index in [1.54, 1.807) is 0 Å². The largest absolute Gasteiger partial charge is 0.366 e. The highest BCUT2D eigenvalue weighted by Crippen LogP contribution is 2.71. The molecule has 0 unspecified atom stereocenters. The molecule has 0 aromatic heterocycles. The lowest BCUT2D eigenvalue weighted by Crippen LogP contribution is -2.62. The first-order chi connectivity index (χ1) is 10.5. The van der Waals surface area contributed by atoms with Crippen LogP contribution in [-0.2, 0) is 4.79 Å². The summed E-state index contributed by atoms with van der Waals surface area (Å²) in [5.74, 6) is -0.202. The first-order valence-corrected chi connectivity index (χ1v) is 9.20. The Balaban J connectivity index is 1.82. The van der Waals surface area contributed by atoms with Crippen LogP contribution in [-0.4, -0.2) is 21.8 Å². The molecule has 3 nitrogen and oxygen atoms in total. The molecule has 0 heterocycles. The lowest BCUT2D eigenvalue weighted by molar-refractivity contribution is -0.274. The SMILES string of the molecule is C=C1C(=O)[C@]23CC[C@H]4C(C)(C)CC(O)(O)C[C@]4(C)[C@H]2CC[C@@H]1C3. The second-order valence-corrected chi connectivity index (χ2v) is 9.96. The Hall–Kier alpha value is -0.670. The monoisotopic (exact) mass is 318 g/mol. The molecule has 4 aliphatic rings. The minimum absolute atomic E-state index is 0.104. The van der Waals surface area contributed by atoms with E-state index in [1.807, 2.05) is 0 Å². The average molecular weight is 318 g/mol. The molecule has 0 aromatic rings. The molecule has 2 bridgehead atoms. The summed E-state index contributed by atoms with van der Waals surface area (Å²) in [6.07, 6.45) is 5.88. The van der Waals surface area contributed by atoms with E-state index >= 15 is 0 Å². The number of fused-ring (bicyclic) bond motifs is 3. The molecule has 0 radical (unpaired) electrons. The van der Waals surface area contributed by atoms with E-state index in [1.165, 1.54) is 0 Å². The average Bonchev–Trinajstić information content (AvgIpc) is 2.57. The molecule has 0 aromatic carbocycles. The Morgan fingerprint density at radius 3 is 2.43 bits per heavy atom. The zero-order valence-corrected chi connectivity index (χ0v) is 14.7. The molecule has 128 valence electrons. The summed E-state index contributed by atoms with van der Waals surface area (Å²) in [4.78, 5) is 13.1. The predicted molar refractivity (Wildman–Crippen MR) is 88.4 cm³/mol. The third kappa shape index (κ3) is 1.87. The lowest BCUT2D eigenvalue weighted by atomic mass is 9.40. The fraction of sp³-hybridized carbons (Fsp3) is 0.850. The molecular weight excluding hydrogens is 288 g/mol. The summed E-state index contributed by atoms with van der Waals surface area (Å²) in [6, 6.07) is 0. The zero-order valence-electron chi connectivity index (χ0n) is 14.7. The molecule has 0 amide bonds. The van der Waals surface area contributed by atoms with Crippen LogP contribution in [0.1, 0.15) is 65.7 Å².